The third-order valence-electron chi connectivity index (χ3n) is 14.0. The summed E-state index contributed by atoms with van der Waals surface area (Å²) >= 11 is 2.28. The zero-order valence-electron chi connectivity index (χ0n) is 41.3. The largest absolute Gasteiger partial charge is 0.353 e. The Labute approximate surface area is 457 Å². The minimum Gasteiger partial charge on any atom is -0.353 e. The molecule has 0 spiro atoms. The summed E-state index contributed by atoms with van der Waals surface area (Å²) in [5.74, 6) is -0.00933. The summed E-state index contributed by atoms with van der Waals surface area (Å²) in [5.41, 5.74) is 20.2. The number of hydrogen-bond acceptors (Lipinski definition) is 2. The van der Waals surface area contributed by atoms with E-state index in [0.717, 1.165) is 95.0 Å². The molecule has 2 amide bonds. The second-order valence-corrected chi connectivity index (χ2v) is 19.8. The first kappa shape index (κ1) is 49.2. The Morgan fingerprint density at radius 3 is 1.30 bits per heavy atom. The standard InChI is InChI=1S/C34H24N2O.C28H20N2O.C6H5I.CH4/c1-23(37)35-30-21-10-8-17-27(30)32-29-20-12-19-26(24-13-4-2-5-14-24)33(29)36(25-15-6-3-7-16-25)34(32)28-18-9-11-22-31(28)35;1-18(31)30-24-16-7-5-12-21(24)26-23-15-9-14-20(19-10-3-2-4-11-19)27(23)29-28(26)22-13-6-8-17-25(22)30;7-6-4-2-1-3-5-6;/h2-22H,1H3;2-17,29H,1H3;1-5H;1H4. The number of amides is 2. The van der Waals surface area contributed by atoms with Crippen LogP contribution in [0.2, 0.25) is 0 Å². The highest BCUT2D eigenvalue weighted by Crippen LogP contribution is 2.54. The van der Waals surface area contributed by atoms with Crippen molar-refractivity contribution in [2.24, 2.45) is 0 Å². The predicted molar refractivity (Wildman–Crippen MR) is 326 cm³/mol. The number of carbonyl (C=O) groups is 2. The molecule has 0 bridgehead atoms. The molecule has 7 heteroatoms. The van der Waals surface area contributed by atoms with Crippen molar-refractivity contribution in [1.82, 2.24) is 9.55 Å². The van der Waals surface area contributed by atoms with Crippen LogP contribution in [0.15, 0.2) is 255 Å². The molecule has 4 heterocycles. The van der Waals surface area contributed by atoms with Crippen LogP contribution >= 0.6 is 22.6 Å². The molecule has 2 aliphatic rings. The van der Waals surface area contributed by atoms with E-state index in [1.165, 1.54) is 25.8 Å². The molecule has 0 radical (unpaired) electrons. The van der Waals surface area contributed by atoms with Crippen LogP contribution < -0.4 is 9.80 Å². The molecule has 12 aromatic rings. The number of halogens is 1. The van der Waals surface area contributed by atoms with Crippen molar-refractivity contribution in [3.05, 3.63) is 258 Å². The Balaban J connectivity index is 0.000000144. The zero-order valence-corrected chi connectivity index (χ0v) is 43.4. The molecule has 76 heavy (non-hydrogen) atoms. The predicted octanol–water partition coefficient (Wildman–Crippen LogP) is 18.7. The van der Waals surface area contributed by atoms with Gasteiger partial charge >= 0.3 is 0 Å². The monoisotopic (exact) mass is 1100 g/mol. The third kappa shape index (κ3) is 8.68. The molecule has 0 saturated carbocycles. The van der Waals surface area contributed by atoms with Gasteiger partial charge in [0.25, 0.3) is 0 Å². The van der Waals surface area contributed by atoms with E-state index in [1.807, 2.05) is 94.7 Å². The summed E-state index contributed by atoms with van der Waals surface area (Å²) in [6.45, 7) is 3.26. The van der Waals surface area contributed by atoms with Crippen molar-refractivity contribution in [3.63, 3.8) is 0 Å². The zero-order chi connectivity index (χ0) is 51.0. The van der Waals surface area contributed by atoms with Gasteiger partial charge in [0.05, 0.1) is 45.2 Å². The molecule has 0 aliphatic carbocycles. The second-order valence-electron chi connectivity index (χ2n) is 18.5. The van der Waals surface area contributed by atoms with Gasteiger partial charge in [0.2, 0.25) is 11.8 Å². The third-order valence-corrected chi connectivity index (χ3v) is 14.7. The van der Waals surface area contributed by atoms with Crippen LogP contribution in [-0.2, 0) is 9.59 Å². The topological polar surface area (TPSA) is 61.3 Å². The number of para-hydroxylation sites is 7. The first-order valence-electron chi connectivity index (χ1n) is 25.0. The van der Waals surface area contributed by atoms with E-state index in [-0.39, 0.29) is 19.2 Å². The quantitative estimate of drug-likeness (QED) is 0.179. The van der Waals surface area contributed by atoms with Crippen molar-refractivity contribution in [3.8, 4) is 72.7 Å². The number of fused-ring (bicyclic) bond motifs is 14. The summed E-state index contributed by atoms with van der Waals surface area (Å²) in [6, 6.07) is 87.6. The van der Waals surface area contributed by atoms with Gasteiger partial charge in [0, 0.05) is 78.4 Å². The maximum Gasteiger partial charge on any atom is 0.228 e. The van der Waals surface area contributed by atoms with Gasteiger partial charge in [-0.1, -0.05) is 214 Å². The number of H-pyrrole nitrogens is 1. The normalized spacial score (nSPS) is 11.6. The first-order valence-corrected chi connectivity index (χ1v) is 26.1. The minimum atomic E-state index is -0.00871. The lowest BCUT2D eigenvalue weighted by atomic mass is 9.96. The number of aromatic nitrogens is 2. The molecule has 0 atom stereocenters. The van der Waals surface area contributed by atoms with Crippen molar-refractivity contribution in [2.45, 2.75) is 21.3 Å². The summed E-state index contributed by atoms with van der Waals surface area (Å²) < 4.78 is 3.67. The number of anilines is 4. The molecular weight excluding hydrogens is 1040 g/mol. The van der Waals surface area contributed by atoms with Crippen LogP contribution in [0.3, 0.4) is 0 Å². The number of aromatic amines is 1. The Morgan fingerprint density at radius 2 is 0.776 bits per heavy atom. The Morgan fingerprint density at radius 1 is 0.382 bits per heavy atom. The van der Waals surface area contributed by atoms with Crippen molar-refractivity contribution >= 4 is 79.0 Å². The van der Waals surface area contributed by atoms with E-state index in [9.17, 15) is 9.59 Å². The van der Waals surface area contributed by atoms with Crippen LogP contribution in [0.5, 0.6) is 0 Å². The van der Waals surface area contributed by atoms with E-state index in [0.29, 0.717) is 0 Å². The first-order chi connectivity index (χ1) is 36.9. The van der Waals surface area contributed by atoms with E-state index in [2.05, 4.69) is 202 Å². The van der Waals surface area contributed by atoms with Crippen LogP contribution in [0.4, 0.5) is 22.7 Å². The maximum atomic E-state index is 13.1. The van der Waals surface area contributed by atoms with E-state index >= 15 is 0 Å². The van der Waals surface area contributed by atoms with Gasteiger partial charge in [-0.05, 0) is 82.2 Å². The van der Waals surface area contributed by atoms with Gasteiger partial charge in [0.1, 0.15) is 0 Å². The second kappa shape index (κ2) is 21.1. The highest BCUT2D eigenvalue weighted by Gasteiger charge is 2.33. The fourth-order valence-corrected chi connectivity index (χ4v) is 11.4. The number of nitrogens with zero attached hydrogens (tertiary/aromatic N) is 3. The molecule has 2 aromatic heterocycles. The van der Waals surface area contributed by atoms with E-state index in [4.69, 9.17) is 0 Å². The Kier molecular flexibility index (Phi) is 13.6. The minimum absolute atomic E-state index is 0. The van der Waals surface area contributed by atoms with Crippen LogP contribution in [0, 0.1) is 3.57 Å². The Hall–Kier alpha value is -9.05. The molecule has 10 aromatic carbocycles. The summed E-state index contributed by atoms with van der Waals surface area (Å²) in [5, 5.41) is 2.32. The summed E-state index contributed by atoms with van der Waals surface area (Å²) in [6.07, 6.45) is 0. The Bertz CT molecular complexity index is 4090. The van der Waals surface area contributed by atoms with Gasteiger partial charge in [-0.15, -0.1) is 0 Å². The molecule has 0 saturated heterocycles. The molecule has 0 fully saturated rings. The molecule has 2 aliphatic heterocycles. The fraction of sp³-hybridized carbons (Fsp3) is 0.0435. The SMILES string of the molecule is C.CC(=O)N1c2ccccc2-c2[nH]c3c(-c4ccccc4)cccc3c2-c2ccccc21.CC(=O)N1c2ccccc2-c2c(n(-c3ccccc3)c3c(-c4ccccc4)cccc23)-c2ccccc21.Ic1ccccc1. The number of hydrogen-bond donors (Lipinski definition) is 1. The highest BCUT2D eigenvalue weighted by molar-refractivity contribution is 14.1. The molecule has 6 nitrogen and oxygen atoms in total. The van der Waals surface area contributed by atoms with E-state index in [1.54, 1.807) is 13.8 Å². The van der Waals surface area contributed by atoms with E-state index < -0.39 is 0 Å². The number of rotatable bonds is 3. The number of benzene rings is 10. The van der Waals surface area contributed by atoms with Gasteiger partial charge in [0.15, 0.2) is 0 Å². The number of carbonyl (C=O) groups excluding carboxylic acids is 2. The molecule has 368 valence electrons. The number of nitrogens with one attached hydrogen (secondary N) is 1. The maximum absolute atomic E-state index is 13.1. The molecule has 0 unspecified atom stereocenters. The van der Waals surface area contributed by atoms with Gasteiger partial charge < -0.3 is 9.55 Å². The smallest absolute Gasteiger partial charge is 0.228 e. The van der Waals surface area contributed by atoms with Crippen molar-refractivity contribution in [2.75, 3.05) is 9.80 Å². The van der Waals surface area contributed by atoms with Gasteiger partial charge in [-0.2, -0.15) is 0 Å². The summed E-state index contributed by atoms with van der Waals surface area (Å²) in [7, 11) is 0. The highest BCUT2D eigenvalue weighted by atomic mass is 127. The van der Waals surface area contributed by atoms with Gasteiger partial charge in [-0.3, -0.25) is 19.4 Å². The van der Waals surface area contributed by atoms with Gasteiger partial charge in [-0.25, -0.2) is 0 Å². The summed E-state index contributed by atoms with van der Waals surface area (Å²) in [4.78, 5) is 33.3. The fourth-order valence-electron chi connectivity index (χ4n) is 11.0. The average Bonchev–Trinajstić information content (AvgIpc) is 4.02. The lowest BCUT2D eigenvalue weighted by Gasteiger charge is -2.24. The van der Waals surface area contributed by atoms with Crippen molar-refractivity contribution in [1.29, 1.82) is 0 Å². The average molecular weight is 1100 g/mol. The van der Waals surface area contributed by atoms with Crippen LogP contribution in [0.1, 0.15) is 21.3 Å². The van der Waals surface area contributed by atoms with Crippen LogP contribution in [0.25, 0.3) is 94.5 Å². The van der Waals surface area contributed by atoms with Crippen molar-refractivity contribution < 1.29 is 9.59 Å². The molecule has 1 N–H and O–H groups in total. The molecular formula is C69H53IN4O2. The van der Waals surface area contributed by atoms with Crippen LogP contribution in [-0.4, -0.2) is 21.4 Å². The molecule has 14 rings (SSSR count). The lowest BCUT2D eigenvalue weighted by Crippen LogP contribution is -2.23. The lowest BCUT2D eigenvalue weighted by molar-refractivity contribution is -0.116.